The molecular weight excluding hydrogens is 345 g/mol. The summed E-state index contributed by atoms with van der Waals surface area (Å²) in [5.74, 6) is -0.140. The normalized spacial score (nSPS) is 16.3. The maximum atomic E-state index is 14.5. The van der Waals surface area contributed by atoms with Crippen LogP contribution in [0.4, 0.5) is 20.6 Å². The van der Waals surface area contributed by atoms with E-state index < -0.39 is 5.82 Å². The number of para-hydroxylation sites is 2. The minimum absolute atomic E-state index is 0.103. The second-order valence-corrected chi connectivity index (χ2v) is 7.07. The number of halogens is 1. The Hall–Kier alpha value is -2.76. The molecule has 2 N–H and O–H groups in total. The average Bonchev–Trinajstić information content (AvgIpc) is 3.32. The van der Waals surface area contributed by atoms with Crippen LogP contribution >= 0.6 is 0 Å². The van der Waals surface area contributed by atoms with E-state index in [2.05, 4.69) is 15.5 Å². The van der Waals surface area contributed by atoms with Crippen molar-refractivity contribution in [2.45, 2.75) is 38.3 Å². The summed E-state index contributed by atoms with van der Waals surface area (Å²) in [4.78, 5) is 14.6. The Morgan fingerprint density at radius 2 is 1.89 bits per heavy atom. The average molecular weight is 369 g/mol. The van der Waals surface area contributed by atoms with E-state index in [9.17, 15) is 9.18 Å². The van der Waals surface area contributed by atoms with E-state index in [4.69, 9.17) is 4.74 Å². The van der Waals surface area contributed by atoms with Crippen LogP contribution in [0.3, 0.4) is 0 Å². The molecule has 2 aliphatic rings. The topological polar surface area (TPSA) is 53.6 Å². The van der Waals surface area contributed by atoms with E-state index in [0.29, 0.717) is 5.56 Å². The van der Waals surface area contributed by atoms with E-state index >= 15 is 0 Å². The van der Waals surface area contributed by atoms with Gasteiger partial charge in [0.05, 0.1) is 17.5 Å². The Morgan fingerprint density at radius 3 is 2.67 bits per heavy atom. The molecule has 6 heteroatoms. The molecule has 142 valence electrons. The van der Waals surface area contributed by atoms with E-state index in [1.165, 1.54) is 12.8 Å². The zero-order valence-electron chi connectivity index (χ0n) is 15.2. The molecule has 1 aliphatic heterocycles. The van der Waals surface area contributed by atoms with Gasteiger partial charge in [-0.15, -0.1) is 0 Å². The highest BCUT2D eigenvalue weighted by Crippen LogP contribution is 2.30. The fourth-order valence-corrected chi connectivity index (χ4v) is 3.30. The fraction of sp³-hybridized carbons (Fsp3) is 0.381. The number of urea groups is 1. The Bertz CT molecular complexity index is 817. The fourth-order valence-electron chi connectivity index (χ4n) is 3.30. The van der Waals surface area contributed by atoms with Crippen molar-refractivity contribution >= 4 is 17.4 Å². The van der Waals surface area contributed by atoms with Crippen molar-refractivity contribution < 1.29 is 13.9 Å². The number of benzene rings is 2. The molecule has 0 bridgehead atoms. The molecule has 2 aromatic rings. The van der Waals surface area contributed by atoms with Crippen LogP contribution in [-0.2, 0) is 6.54 Å². The van der Waals surface area contributed by atoms with Gasteiger partial charge in [-0.1, -0.05) is 24.3 Å². The Kier molecular flexibility index (Phi) is 5.14. The van der Waals surface area contributed by atoms with Gasteiger partial charge in [0.1, 0.15) is 0 Å². The molecular formula is C21H24FN3O2. The van der Waals surface area contributed by atoms with Gasteiger partial charge >= 0.3 is 6.03 Å². The largest absolute Gasteiger partial charge is 0.487 e. The van der Waals surface area contributed by atoms with Crippen molar-refractivity contribution in [1.29, 1.82) is 0 Å². The highest BCUT2D eigenvalue weighted by molar-refractivity contribution is 5.93. The summed E-state index contributed by atoms with van der Waals surface area (Å²) in [5, 5.41) is 5.63. The zero-order valence-corrected chi connectivity index (χ0v) is 15.2. The van der Waals surface area contributed by atoms with Crippen molar-refractivity contribution in [3.63, 3.8) is 0 Å². The number of carbonyl (C=O) groups is 1. The maximum absolute atomic E-state index is 14.5. The smallest absolute Gasteiger partial charge is 0.319 e. The van der Waals surface area contributed by atoms with Crippen LogP contribution in [0, 0.1) is 5.82 Å². The van der Waals surface area contributed by atoms with Gasteiger partial charge in [-0.3, -0.25) is 0 Å². The first kappa shape index (κ1) is 17.6. The van der Waals surface area contributed by atoms with E-state index in [1.807, 2.05) is 24.3 Å². The first-order valence-electron chi connectivity index (χ1n) is 9.53. The molecule has 5 nitrogen and oxygen atoms in total. The van der Waals surface area contributed by atoms with Gasteiger partial charge < -0.3 is 20.3 Å². The van der Waals surface area contributed by atoms with Crippen LogP contribution in [0.2, 0.25) is 0 Å². The van der Waals surface area contributed by atoms with Crippen molar-refractivity contribution in [2.24, 2.45) is 0 Å². The quantitative estimate of drug-likeness (QED) is 0.799. The van der Waals surface area contributed by atoms with Crippen LogP contribution in [0.1, 0.15) is 31.2 Å². The summed E-state index contributed by atoms with van der Waals surface area (Å²) in [6.45, 7) is 2.10. The molecule has 0 spiro atoms. The summed E-state index contributed by atoms with van der Waals surface area (Å²) < 4.78 is 20.1. The number of nitrogens with one attached hydrogen (secondary N) is 2. The van der Waals surface area contributed by atoms with E-state index in [1.54, 1.807) is 18.2 Å². The predicted molar refractivity (Wildman–Crippen MR) is 104 cm³/mol. The summed E-state index contributed by atoms with van der Waals surface area (Å²) in [5.41, 5.74) is 2.20. The van der Waals surface area contributed by atoms with E-state index in [-0.39, 0.29) is 24.4 Å². The molecule has 1 saturated heterocycles. The lowest BCUT2D eigenvalue weighted by molar-refractivity contribution is 0.251. The monoisotopic (exact) mass is 369 g/mol. The van der Waals surface area contributed by atoms with Crippen molar-refractivity contribution in [3.05, 3.63) is 53.8 Å². The molecule has 2 aromatic carbocycles. The molecule has 2 amide bonds. The third-order valence-corrected chi connectivity index (χ3v) is 4.90. The zero-order chi connectivity index (χ0) is 18.6. The van der Waals surface area contributed by atoms with Gasteiger partial charge in [0, 0.05) is 25.2 Å². The van der Waals surface area contributed by atoms with Gasteiger partial charge in [-0.05, 0) is 43.9 Å². The molecule has 0 unspecified atom stereocenters. The summed E-state index contributed by atoms with van der Waals surface area (Å²) >= 11 is 0. The maximum Gasteiger partial charge on any atom is 0.319 e. The Labute approximate surface area is 158 Å². The number of hydrogen-bond donors (Lipinski definition) is 2. The molecule has 1 saturated carbocycles. The predicted octanol–water partition coefficient (Wildman–Crippen LogP) is 4.29. The Balaban J connectivity index is 1.38. The van der Waals surface area contributed by atoms with E-state index in [0.717, 1.165) is 37.3 Å². The molecule has 2 fully saturated rings. The molecule has 1 heterocycles. The van der Waals surface area contributed by atoms with Crippen LogP contribution in [0.15, 0.2) is 42.5 Å². The van der Waals surface area contributed by atoms with Crippen molar-refractivity contribution in [2.75, 3.05) is 23.3 Å². The first-order valence-corrected chi connectivity index (χ1v) is 9.53. The SMILES string of the molecule is O=C(NCc1cccc(OC2CC2)c1F)Nc1ccccc1N1CCCC1. The highest BCUT2D eigenvalue weighted by atomic mass is 19.1. The van der Waals surface area contributed by atoms with Gasteiger partial charge in [0.15, 0.2) is 11.6 Å². The second-order valence-electron chi connectivity index (χ2n) is 7.07. The Morgan fingerprint density at radius 1 is 1.11 bits per heavy atom. The van der Waals surface area contributed by atoms with Crippen LogP contribution in [0.25, 0.3) is 0 Å². The van der Waals surface area contributed by atoms with Crippen molar-refractivity contribution in [3.8, 4) is 5.75 Å². The number of hydrogen-bond acceptors (Lipinski definition) is 3. The number of anilines is 2. The number of amides is 2. The highest BCUT2D eigenvalue weighted by Gasteiger charge is 2.25. The van der Waals surface area contributed by atoms with Gasteiger partial charge in [-0.2, -0.15) is 0 Å². The number of carbonyl (C=O) groups excluding carboxylic acids is 1. The summed E-state index contributed by atoms with van der Waals surface area (Å²) in [6, 6.07) is 12.5. The molecule has 0 atom stereocenters. The lowest BCUT2D eigenvalue weighted by atomic mass is 10.2. The standard InChI is InChI=1S/C21H24FN3O2/c22-20-15(6-5-9-19(20)27-16-10-11-16)14-23-21(26)24-17-7-1-2-8-18(17)25-12-3-4-13-25/h1-2,5-9,16H,3-4,10-14H2,(H2,23,24,26). The lowest BCUT2D eigenvalue weighted by Crippen LogP contribution is -2.29. The third kappa shape index (κ3) is 4.32. The van der Waals surface area contributed by atoms with Crippen LogP contribution in [-0.4, -0.2) is 25.2 Å². The summed E-state index contributed by atoms with van der Waals surface area (Å²) in [6.07, 6.45) is 4.41. The number of nitrogens with zero attached hydrogens (tertiary/aromatic N) is 1. The van der Waals surface area contributed by atoms with Crippen molar-refractivity contribution in [1.82, 2.24) is 5.32 Å². The van der Waals surface area contributed by atoms with Crippen LogP contribution in [0.5, 0.6) is 5.75 Å². The summed E-state index contributed by atoms with van der Waals surface area (Å²) in [7, 11) is 0. The molecule has 1 aliphatic carbocycles. The first-order chi connectivity index (χ1) is 13.2. The lowest BCUT2D eigenvalue weighted by Gasteiger charge is -2.21. The molecule has 4 rings (SSSR count). The van der Waals surface area contributed by atoms with Crippen LogP contribution < -0.4 is 20.3 Å². The molecule has 0 radical (unpaired) electrons. The minimum Gasteiger partial charge on any atom is -0.487 e. The third-order valence-electron chi connectivity index (χ3n) is 4.90. The molecule has 27 heavy (non-hydrogen) atoms. The van der Waals surface area contributed by atoms with Gasteiger partial charge in [-0.25, -0.2) is 9.18 Å². The molecule has 0 aromatic heterocycles. The van der Waals surface area contributed by atoms with Gasteiger partial charge in [0.2, 0.25) is 0 Å². The number of rotatable bonds is 6. The minimum atomic E-state index is -0.401. The number of ether oxygens (including phenoxy) is 1. The van der Waals surface area contributed by atoms with Gasteiger partial charge in [0.25, 0.3) is 0 Å². The second kappa shape index (κ2) is 7.86.